The molecule has 0 saturated heterocycles. The van der Waals surface area contributed by atoms with E-state index in [4.69, 9.17) is 10.8 Å². The van der Waals surface area contributed by atoms with Crippen LogP contribution in [-0.2, 0) is 0 Å². The van der Waals surface area contributed by atoms with E-state index in [1.54, 1.807) is 23.5 Å². The molecule has 1 amide bonds. The number of benzene rings is 1. The highest BCUT2D eigenvalue weighted by atomic mass is 32.1. The zero-order valence-electron chi connectivity index (χ0n) is 14.8. The van der Waals surface area contributed by atoms with Crippen LogP contribution in [0.3, 0.4) is 0 Å². The van der Waals surface area contributed by atoms with E-state index in [-0.39, 0.29) is 25.1 Å². The number of aliphatic hydroxyl groups excluding tert-OH is 1. The Balaban J connectivity index is 1.59. The Morgan fingerprint density at radius 2 is 2.00 bits per heavy atom. The van der Waals surface area contributed by atoms with Gasteiger partial charge in [-0.1, -0.05) is 19.3 Å². The fraction of sp³-hybridized carbons (Fsp3) is 0.474. The van der Waals surface area contributed by atoms with Gasteiger partial charge in [-0.25, -0.2) is 4.98 Å². The van der Waals surface area contributed by atoms with E-state index in [1.165, 1.54) is 32.1 Å². The summed E-state index contributed by atoms with van der Waals surface area (Å²) < 4.78 is 0. The first-order chi connectivity index (χ1) is 12.7. The number of carbonyl (C=O) groups excluding carboxylic acids is 1. The number of anilines is 2. The first-order valence-corrected chi connectivity index (χ1v) is 10.0. The van der Waals surface area contributed by atoms with Crippen molar-refractivity contribution in [2.45, 2.75) is 38.1 Å². The standard InChI is InChI=1S/C19H26N4O2S/c20-17(13-4-2-1-3-5-13)16-12-26-19(23-16)22-15-8-6-14(7-9-15)18(25)21-10-11-24/h6-9,12-13,17,24H,1-5,10-11,20H2,(H,21,25)(H,22,23). The number of hydrogen-bond acceptors (Lipinski definition) is 6. The maximum Gasteiger partial charge on any atom is 0.251 e. The quantitative estimate of drug-likeness (QED) is 0.596. The zero-order valence-corrected chi connectivity index (χ0v) is 15.6. The lowest BCUT2D eigenvalue weighted by Gasteiger charge is -2.26. The minimum atomic E-state index is -0.194. The van der Waals surface area contributed by atoms with Crippen LogP contribution in [0.4, 0.5) is 10.8 Å². The molecule has 3 rings (SSSR count). The molecule has 1 saturated carbocycles. The molecular formula is C19H26N4O2S. The molecule has 1 atom stereocenters. The Hall–Kier alpha value is -1.96. The number of carbonyl (C=O) groups is 1. The summed E-state index contributed by atoms with van der Waals surface area (Å²) in [6, 6.07) is 7.19. The van der Waals surface area contributed by atoms with Gasteiger partial charge in [0.1, 0.15) is 0 Å². The third kappa shape index (κ3) is 4.81. The third-order valence-corrected chi connectivity index (χ3v) is 5.59. The molecule has 0 bridgehead atoms. The predicted molar refractivity (Wildman–Crippen MR) is 105 cm³/mol. The molecule has 1 aliphatic carbocycles. The number of nitrogens with zero attached hydrogens (tertiary/aromatic N) is 1. The molecule has 2 aromatic rings. The van der Waals surface area contributed by atoms with E-state index >= 15 is 0 Å². The summed E-state index contributed by atoms with van der Waals surface area (Å²) >= 11 is 1.55. The van der Waals surface area contributed by atoms with Crippen molar-refractivity contribution in [1.29, 1.82) is 0 Å². The lowest BCUT2D eigenvalue weighted by Crippen LogP contribution is -2.26. The molecule has 1 heterocycles. The van der Waals surface area contributed by atoms with Gasteiger partial charge in [0.05, 0.1) is 18.3 Å². The highest BCUT2D eigenvalue weighted by molar-refractivity contribution is 7.13. The second-order valence-corrected chi connectivity index (χ2v) is 7.54. The Morgan fingerprint density at radius 1 is 1.27 bits per heavy atom. The SMILES string of the molecule is NC(c1csc(Nc2ccc(C(=O)NCCO)cc2)n1)C1CCCCC1. The zero-order chi connectivity index (χ0) is 18.4. The number of nitrogens with two attached hydrogens (primary N) is 1. The van der Waals surface area contributed by atoms with Gasteiger partial charge in [0.2, 0.25) is 0 Å². The molecule has 1 aromatic heterocycles. The van der Waals surface area contributed by atoms with Gasteiger partial charge >= 0.3 is 0 Å². The average Bonchev–Trinajstić information content (AvgIpc) is 3.15. The first-order valence-electron chi connectivity index (χ1n) is 9.14. The van der Waals surface area contributed by atoms with Gasteiger partial charge < -0.3 is 21.5 Å². The van der Waals surface area contributed by atoms with E-state index < -0.39 is 0 Å². The molecular weight excluding hydrogens is 348 g/mol. The second-order valence-electron chi connectivity index (χ2n) is 6.68. The third-order valence-electron chi connectivity index (χ3n) is 4.82. The summed E-state index contributed by atoms with van der Waals surface area (Å²) in [6.07, 6.45) is 6.25. The van der Waals surface area contributed by atoms with Crippen LogP contribution in [-0.4, -0.2) is 29.1 Å². The highest BCUT2D eigenvalue weighted by Gasteiger charge is 2.23. The number of rotatable bonds is 7. The molecule has 1 fully saturated rings. The number of thiazole rings is 1. The van der Waals surface area contributed by atoms with Crippen LogP contribution in [0, 0.1) is 5.92 Å². The van der Waals surface area contributed by atoms with E-state index in [2.05, 4.69) is 15.6 Å². The number of hydrogen-bond donors (Lipinski definition) is 4. The molecule has 0 spiro atoms. The monoisotopic (exact) mass is 374 g/mol. The van der Waals surface area contributed by atoms with Gasteiger partial charge in [-0.15, -0.1) is 11.3 Å². The van der Waals surface area contributed by atoms with Crippen LogP contribution < -0.4 is 16.4 Å². The van der Waals surface area contributed by atoms with Gasteiger partial charge in [0.15, 0.2) is 5.13 Å². The summed E-state index contributed by atoms with van der Waals surface area (Å²) in [5.41, 5.74) is 8.82. The largest absolute Gasteiger partial charge is 0.395 e. The molecule has 1 unspecified atom stereocenters. The van der Waals surface area contributed by atoms with E-state index in [0.717, 1.165) is 16.5 Å². The Morgan fingerprint density at radius 3 is 2.69 bits per heavy atom. The Labute approximate surface area is 157 Å². The van der Waals surface area contributed by atoms with E-state index in [9.17, 15) is 4.79 Å². The van der Waals surface area contributed by atoms with E-state index in [0.29, 0.717) is 11.5 Å². The molecule has 6 nitrogen and oxygen atoms in total. The van der Waals surface area contributed by atoms with Crippen molar-refractivity contribution >= 4 is 28.1 Å². The van der Waals surface area contributed by atoms with Gasteiger partial charge in [0.25, 0.3) is 5.91 Å². The van der Waals surface area contributed by atoms with Gasteiger partial charge in [-0.3, -0.25) is 4.79 Å². The van der Waals surface area contributed by atoms with Crippen molar-refractivity contribution in [3.63, 3.8) is 0 Å². The molecule has 1 aliphatic rings. The fourth-order valence-electron chi connectivity index (χ4n) is 3.33. The molecule has 140 valence electrons. The van der Waals surface area contributed by atoms with Crippen LogP contribution >= 0.6 is 11.3 Å². The predicted octanol–water partition coefficient (Wildman–Crippen LogP) is 3.19. The number of nitrogens with one attached hydrogen (secondary N) is 2. The first kappa shape index (κ1) is 18.8. The van der Waals surface area contributed by atoms with Gasteiger partial charge in [-0.2, -0.15) is 0 Å². The summed E-state index contributed by atoms with van der Waals surface area (Å²) in [5.74, 6) is 0.344. The van der Waals surface area contributed by atoms with Crippen LogP contribution in [0.25, 0.3) is 0 Å². The summed E-state index contributed by atoms with van der Waals surface area (Å²) in [5, 5.41) is 17.5. The fourth-order valence-corrected chi connectivity index (χ4v) is 4.11. The number of aliphatic hydroxyl groups is 1. The number of amides is 1. The Kier molecular flexibility index (Phi) is 6.60. The van der Waals surface area contributed by atoms with Crippen LogP contribution in [0.1, 0.15) is 54.2 Å². The van der Waals surface area contributed by atoms with Crippen molar-refractivity contribution < 1.29 is 9.90 Å². The summed E-state index contributed by atoms with van der Waals surface area (Å²) in [7, 11) is 0. The van der Waals surface area contributed by atoms with Crippen LogP contribution in [0.15, 0.2) is 29.6 Å². The smallest absolute Gasteiger partial charge is 0.251 e. The van der Waals surface area contributed by atoms with Crippen molar-refractivity contribution in [1.82, 2.24) is 10.3 Å². The number of aromatic nitrogens is 1. The second kappa shape index (κ2) is 9.12. The normalized spacial score (nSPS) is 16.2. The highest BCUT2D eigenvalue weighted by Crippen LogP contribution is 2.34. The van der Waals surface area contributed by atoms with Crippen molar-refractivity contribution in [3.8, 4) is 0 Å². The van der Waals surface area contributed by atoms with Gasteiger partial charge in [-0.05, 0) is 43.0 Å². The Bertz CT molecular complexity index is 711. The molecule has 7 heteroatoms. The maximum atomic E-state index is 11.8. The van der Waals surface area contributed by atoms with Crippen molar-refractivity contribution in [3.05, 3.63) is 40.9 Å². The molecule has 0 radical (unpaired) electrons. The maximum absolute atomic E-state index is 11.8. The molecule has 1 aromatic carbocycles. The lowest BCUT2D eigenvalue weighted by atomic mass is 9.83. The van der Waals surface area contributed by atoms with Crippen LogP contribution in [0.5, 0.6) is 0 Å². The van der Waals surface area contributed by atoms with Gasteiger partial charge in [0, 0.05) is 23.2 Å². The average molecular weight is 375 g/mol. The summed E-state index contributed by atoms with van der Waals surface area (Å²) in [6.45, 7) is 0.183. The summed E-state index contributed by atoms with van der Waals surface area (Å²) in [4.78, 5) is 16.5. The van der Waals surface area contributed by atoms with Crippen molar-refractivity contribution in [2.75, 3.05) is 18.5 Å². The van der Waals surface area contributed by atoms with Crippen molar-refractivity contribution in [2.24, 2.45) is 11.7 Å². The molecule has 5 N–H and O–H groups in total. The minimum Gasteiger partial charge on any atom is -0.395 e. The molecule has 0 aliphatic heterocycles. The molecule has 26 heavy (non-hydrogen) atoms. The van der Waals surface area contributed by atoms with Crippen LogP contribution in [0.2, 0.25) is 0 Å². The minimum absolute atomic E-state index is 0.0136. The topological polar surface area (TPSA) is 100 Å². The lowest BCUT2D eigenvalue weighted by molar-refractivity contribution is 0.0945. The van der Waals surface area contributed by atoms with E-state index in [1.807, 2.05) is 17.5 Å².